The van der Waals surface area contributed by atoms with Crippen LogP contribution in [0, 0.1) is 0 Å². The zero-order valence-corrected chi connectivity index (χ0v) is 19.7. The van der Waals surface area contributed by atoms with E-state index in [1.54, 1.807) is 13.1 Å². The molecule has 0 unspecified atom stereocenters. The molecule has 3 aromatic rings. The molecule has 1 aromatic heterocycles. The van der Waals surface area contributed by atoms with Crippen molar-refractivity contribution >= 4 is 38.9 Å². The number of hydrogen-bond acceptors (Lipinski definition) is 5. The van der Waals surface area contributed by atoms with Gasteiger partial charge in [0.25, 0.3) is 0 Å². The van der Waals surface area contributed by atoms with E-state index in [4.69, 9.17) is 14.2 Å². The number of rotatable bonds is 6. The Balaban J connectivity index is 1.88. The number of halogens is 1. The molecule has 0 atom stereocenters. The number of benzene rings is 2. The maximum absolute atomic E-state index is 12.7. The van der Waals surface area contributed by atoms with Crippen molar-refractivity contribution in [2.24, 2.45) is 0 Å². The molecule has 0 radical (unpaired) electrons. The minimum absolute atomic E-state index is 0.134. The van der Waals surface area contributed by atoms with Crippen LogP contribution in [-0.4, -0.2) is 28.8 Å². The Hall–Kier alpha value is -2.80. The van der Waals surface area contributed by atoms with Gasteiger partial charge in [-0.3, -0.25) is 9.36 Å². The molecule has 0 saturated heterocycles. The average Bonchev–Trinajstić information content (AvgIpc) is 3.04. The van der Waals surface area contributed by atoms with Gasteiger partial charge in [-0.15, -0.1) is 0 Å². The van der Waals surface area contributed by atoms with Crippen molar-refractivity contribution in [3.63, 3.8) is 0 Å². The largest absolute Gasteiger partial charge is 0.489 e. The molecule has 0 bridgehead atoms. The van der Waals surface area contributed by atoms with Crippen LogP contribution in [-0.2, 0) is 27.3 Å². The Morgan fingerprint density at radius 2 is 1.81 bits per heavy atom. The lowest BCUT2D eigenvalue weighted by molar-refractivity contribution is -0.142. The second kappa shape index (κ2) is 9.56. The van der Waals surface area contributed by atoms with Gasteiger partial charge in [0.05, 0.1) is 18.5 Å². The summed E-state index contributed by atoms with van der Waals surface area (Å²) in [6.45, 7) is 7.83. The zero-order chi connectivity index (χ0) is 22.6. The van der Waals surface area contributed by atoms with Crippen LogP contribution >= 0.6 is 15.9 Å². The summed E-state index contributed by atoms with van der Waals surface area (Å²) in [5, 5.41) is 0.878. The van der Waals surface area contributed by atoms with Crippen molar-refractivity contribution in [2.45, 2.75) is 46.3 Å². The zero-order valence-electron chi connectivity index (χ0n) is 18.1. The third-order valence-corrected chi connectivity index (χ3v) is 4.93. The van der Waals surface area contributed by atoms with Crippen LogP contribution in [0.3, 0.4) is 0 Å². The van der Waals surface area contributed by atoms with Crippen molar-refractivity contribution in [1.29, 1.82) is 0 Å². The molecular formula is C24H26BrNO5. The minimum atomic E-state index is -0.605. The number of ether oxygens (including phenoxy) is 3. The van der Waals surface area contributed by atoms with E-state index < -0.39 is 11.7 Å². The van der Waals surface area contributed by atoms with Gasteiger partial charge in [-0.05, 0) is 52.0 Å². The van der Waals surface area contributed by atoms with E-state index in [0.717, 1.165) is 26.5 Å². The highest BCUT2D eigenvalue weighted by Crippen LogP contribution is 2.28. The summed E-state index contributed by atoms with van der Waals surface area (Å²) in [7, 11) is 0. The predicted molar refractivity (Wildman–Crippen MR) is 122 cm³/mol. The lowest BCUT2D eigenvalue weighted by Crippen LogP contribution is -2.26. The van der Waals surface area contributed by atoms with Crippen LogP contribution in [0.15, 0.2) is 53.1 Å². The first kappa shape index (κ1) is 22.9. The fraction of sp³-hybridized carbons (Fsp3) is 0.333. The normalized spacial score (nSPS) is 11.4. The molecule has 0 amide bonds. The van der Waals surface area contributed by atoms with Gasteiger partial charge in [0.2, 0.25) is 0 Å². The van der Waals surface area contributed by atoms with Crippen LogP contribution in [0.25, 0.3) is 10.9 Å². The van der Waals surface area contributed by atoms with Gasteiger partial charge in [0.15, 0.2) is 0 Å². The van der Waals surface area contributed by atoms with E-state index in [9.17, 15) is 9.59 Å². The van der Waals surface area contributed by atoms with Gasteiger partial charge in [-0.2, -0.15) is 0 Å². The molecule has 0 aliphatic rings. The number of esters is 1. The van der Waals surface area contributed by atoms with E-state index in [1.807, 2.05) is 63.2 Å². The monoisotopic (exact) mass is 487 g/mol. The standard InChI is InChI=1S/C24H26BrNO5/c1-5-29-22(27)12-16-8-6-7-9-21(16)30-15-17-14-26(23(28)31-24(2,3)4)20-11-10-18(25)13-19(17)20/h6-11,13-14H,5,12,15H2,1-4H3. The molecule has 0 aliphatic heterocycles. The molecule has 0 aliphatic carbocycles. The molecule has 6 nitrogen and oxygen atoms in total. The third kappa shape index (κ3) is 5.88. The van der Waals surface area contributed by atoms with Gasteiger partial charge >= 0.3 is 12.1 Å². The maximum Gasteiger partial charge on any atom is 0.419 e. The van der Waals surface area contributed by atoms with Crippen LogP contribution < -0.4 is 4.74 Å². The molecule has 7 heteroatoms. The van der Waals surface area contributed by atoms with Crippen LogP contribution in [0.4, 0.5) is 4.79 Å². The van der Waals surface area contributed by atoms with Crippen molar-refractivity contribution in [2.75, 3.05) is 6.61 Å². The van der Waals surface area contributed by atoms with E-state index >= 15 is 0 Å². The van der Waals surface area contributed by atoms with E-state index in [2.05, 4.69) is 15.9 Å². The van der Waals surface area contributed by atoms with Gasteiger partial charge in [0.1, 0.15) is 18.0 Å². The molecular weight excluding hydrogens is 462 g/mol. The van der Waals surface area contributed by atoms with E-state index in [0.29, 0.717) is 12.4 Å². The highest BCUT2D eigenvalue weighted by Gasteiger charge is 2.21. The predicted octanol–water partition coefficient (Wildman–Crippen LogP) is 5.87. The Morgan fingerprint density at radius 1 is 1.06 bits per heavy atom. The number of para-hydroxylation sites is 1. The number of hydrogen-bond donors (Lipinski definition) is 0. The number of aromatic nitrogens is 1. The average molecular weight is 488 g/mol. The number of fused-ring (bicyclic) bond motifs is 1. The molecule has 0 N–H and O–H groups in total. The van der Waals surface area contributed by atoms with Crippen molar-refractivity contribution < 1.29 is 23.8 Å². The van der Waals surface area contributed by atoms with E-state index in [1.165, 1.54) is 4.57 Å². The fourth-order valence-electron chi connectivity index (χ4n) is 3.16. The smallest absolute Gasteiger partial charge is 0.419 e. The molecule has 31 heavy (non-hydrogen) atoms. The summed E-state index contributed by atoms with van der Waals surface area (Å²) < 4.78 is 19.0. The number of carbonyl (C=O) groups is 2. The van der Waals surface area contributed by atoms with Crippen molar-refractivity contribution in [1.82, 2.24) is 4.57 Å². The Kier molecular flexibility index (Phi) is 7.05. The summed E-state index contributed by atoms with van der Waals surface area (Å²) in [4.78, 5) is 24.6. The maximum atomic E-state index is 12.7. The first-order chi connectivity index (χ1) is 14.7. The lowest BCUT2D eigenvalue weighted by atomic mass is 10.1. The molecule has 0 saturated carbocycles. The third-order valence-electron chi connectivity index (χ3n) is 4.44. The summed E-state index contributed by atoms with van der Waals surface area (Å²) >= 11 is 3.49. The first-order valence-corrected chi connectivity index (χ1v) is 10.9. The minimum Gasteiger partial charge on any atom is -0.489 e. The number of carbonyl (C=O) groups excluding carboxylic acids is 2. The fourth-order valence-corrected chi connectivity index (χ4v) is 3.52. The molecule has 164 valence electrons. The highest BCUT2D eigenvalue weighted by atomic mass is 79.9. The molecule has 1 heterocycles. The van der Waals surface area contributed by atoms with Crippen molar-refractivity contribution in [3.05, 3.63) is 64.3 Å². The Morgan fingerprint density at radius 3 is 2.52 bits per heavy atom. The SMILES string of the molecule is CCOC(=O)Cc1ccccc1OCc1cn(C(=O)OC(C)(C)C)c2ccc(Br)cc12. The summed E-state index contributed by atoms with van der Waals surface area (Å²) in [5.41, 5.74) is 1.70. The Bertz CT molecular complexity index is 1100. The molecule has 0 fully saturated rings. The summed E-state index contributed by atoms with van der Waals surface area (Å²) in [6.07, 6.45) is 1.42. The summed E-state index contributed by atoms with van der Waals surface area (Å²) in [5.74, 6) is 0.299. The van der Waals surface area contributed by atoms with Gasteiger partial charge < -0.3 is 14.2 Å². The van der Waals surface area contributed by atoms with Gasteiger partial charge in [-0.25, -0.2) is 4.79 Å². The lowest BCUT2D eigenvalue weighted by Gasteiger charge is -2.19. The van der Waals surface area contributed by atoms with Crippen molar-refractivity contribution in [3.8, 4) is 5.75 Å². The summed E-state index contributed by atoms with van der Waals surface area (Å²) in [6, 6.07) is 13.0. The first-order valence-electron chi connectivity index (χ1n) is 10.1. The van der Waals surface area contributed by atoms with Crippen LogP contribution in [0.5, 0.6) is 5.75 Å². The van der Waals surface area contributed by atoms with Gasteiger partial charge in [0, 0.05) is 27.2 Å². The highest BCUT2D eigenvalue weighted by molar-refractivity contribution is 9.10. The number of nitrogens with zero attached hydrogens (tertiary/aromatic N) is 1. The van der Waals surface area contributed by atoms with Crippen LogP contribution in [0.2, 0.25) is 0 Å². The van der Waals surface area contributed by atoms with Crippen LogP contribution in [0.1, 0.15) is 38.8 Å². The second-order valence-electron chi connectivity index (χ2n) is 8.04. The quantitative estimate of drug-likeness (QED) is 0.406. The Labute approximate surface area is 190 Å². The molecule has 3 rings (SSSR count). The topological polar surface area (TPSA) is 66.8 Å². The van der Waals surface area contributed by atoms with Gasteiger partial charge in [-0.1, -0.05) is 34.1 Å². The second-order valence-corrected chi connectivity index (χ2v) is 8.96. The molecule has 0 spiro atoms. The van der Waals surface area contributed by atoms with E-state index in [-0.39, 0.29) is 19.0 Å². The molecule has 2 aromatic carbocycles.